The minimum Gasteiger partial charge on any atom is -0.481 e. The van der Waals surface area contributed by atoms with Gasteiger partial charge >= 0.3 is 5.97 Å². The monoisotopic (exact) mass is 272 g/mol. The molecule has 0 spiro atoms. The highest BCUT2D eigenvalue weighted by Gasteiger charge is 2.36. The van der Waals surface area contributed by atoms with Gasteiger partial charge in [-0.05, 0) is 25.1 Å². The van der Waals surface area contributed by atoms with Crippen molar-refractivity contribution < 1.29 is 18.3 Å². The molecule has 1 aromatic carbocycles. The van der Waals surface area contributed by atoms with Crippen molar-refractivity contribution in [1.29, 1.82) is 0 Å². The molecule has 1 atom stereocenters. The number of aliphatic carboxylic acids is 1. The van der Waals surface area contributed by atoms with E-state index in [-0.39, 0.29) is 9.80 Å². The molecule has 6 heteroatoms. The van der Waals surface area contributed by atoms with Crippen LogP contribution in [0.25, 0.3) is 6.08 Å². The van der Waals surface area contributed by atoms with E-state index in [1.54, 1.807) is 6.07 Å². The number of carboxylic acid groups (broad SMARTS) is 1. The molecule has 1 aliphatic rings. The first-order valence-corrected chi connectivity index (χ1v) is 6.70. The molecule has 1 unspecified atom stereocenters. The van der Waals surface area contributed by atoms with E-state index in [4.69, 9.17) is 16.7 Å². The average Bonchev–Trinajstić information content (AvgIpc) is 2.51. The Morgan fingerprint density at radius 1 is 1.41 bits per heavy atom. The number of hydrogen-bond donors (Lipinski definition) is 1. The van der Waals surface area contributed by atoms with Crippen molar-refractivity contribution in [2.45, 2.75) is 11.8 Å². The van der Waals surface area contributed by atoms with Crippen LogP contribution < -0.4 is 0 Å². The summed E-state index contributed by atoms with van der Waals surface area (Å²) in [7, 11) is -3.72. The average molecular weight is 273 g/mol. The van der Waals surface area contributed by atoms with E-state index in [1.165, 1.54) is 25.1 Å². The molecule has 1 aliphatic heterocycles. The van der Waals surface area contributed by atoms with E-state index >= 15 is 0 Å². The quantitative estimate of drug-likeness (QED) is 0.896. The predicted octanol–water partition coefficient (Wildman–Crippen LogP) is 2.19. The van der Waals surface area contributed by atoms with Crippen molar-refractivity contribution in [2.24, 2.45) is 5.92 Å². The summed E-state index contributed by atoms with van der Waals surface area (Å²) in [6.07, 6.45) is 1.34. The maximum absolute atomic E-state index is 12.1. The molecule has 0 radical (unpaired) electrons. The van der Waals surface area contributed by atoms with Crippen LogP contribution in [0.15, 0.2) is 28.0 Å². The third-order valence-corrected chi connectivity index (χ3v) is 5.05. The third kappa shape index (κ3) is 1.75. The summed E-state index contributed by atoms with van der Waals surface area (Å²) in [5.74, 6) is -2.26. The zero-order valence-electron chi connectivity index (χ0n) is 8.84. The maximum atomic E-state index is 12.1. The Morgan fingerprint density at radius 3 is 2.59 bits per heavy atom. The van der Waals surface area contributed by atoms with Crippen molar-refractivity contribution in [2.75, 3.05) is 0 Å². The van der Waals surface area contributed by atoms with Crippen molar-refractivity contribution >= 4 is 33.5 Å². The van der Waals surface area contributed by atoms with Gasteiger partial charge in [-0.15, -0.1) is 0 Å². The zero-order chi connectivity index (χ0) is 12.8. The number of fused-ring (bicyclic) bond motifs is 1. The molecule has 0 aliphatic carbocycles. The van der Waals surface area contributed by atoms with Crippen molar-refractivity contribution in [3.8, 4) is 0 Å². The molecule has 17 heavy (non-hydrogen) atoms. The van der Waals surface area contributed by atoms with E-state index in [2.05, 4.69) is 0 Å². The second-order valence-electron chi connectivity index (χ2n) is 3.76. The summed E-state index contributed by atoms with van der Waals surface area (Å²) in [4.78, 5) is 10.8. The molecule has 0 bridgehead atoms. The standard InChI is InChI=1S/C11H9ClO4S/c1-6(11(13)14)10-5-7-8(12)3-2-4-9(7)17(10,15)16/h2-6H,1H3,(H,13,14). The first kappa shape index (κ1) is 12.1. The largest absolute Gasteiger partial charge is 0.481 e. The van der Waals surface area contributed by atoms with Gasteiger partial charge in [0.25, 0.3) is 0 Å². The SMILES string of the molecule is CC(C(=O)O)C1=Cc2c(Cl)cccc2S1(=O)=O. The van der Waals surface area contributed by atoms with Gasteiger partial charge in [-0.25, -0.2) is 8.42 Å². The summed E-state index contributed by atoms with van der Waals surface area (Å²) < 4.78 is 24.2. The van der Waals surface area contributed by atoms with Crippen LogP contribution in [0.3, 0.4) is 0 Å². The molecule has 4 nitrogen and oxygen atoms in total. The number of carboxylic acids is 1. The molecule has 1 N–H and O–H groups in total. The lowest BCUT2D eigenvalue weighted by Crippen LogP contribution is -2.16. The fourth-order valence-electron chi connectivity index (χ4n) is 1.72. The van der Waals surface area contributed by atoms with Crippen LogP contribution in [0.2, 0.25) is 5.02 Å². The Bertz CT molecular complexity index is 631. The van der Waals surface area contributed by atoms with Crippen LogP contribution in [0.4, 0.5) is 0 Å². The highest BCUT2D eigenvalue weighted by atomic mass is 35.5. The van der Waals surface area contributed by atoms with Crippen LogP contribution >= 0.6 is 11.6 Å². The minimum absolute atomic E-state index is 0.0769. The van der Waals surface area contributed by atoms with Gasteiger partial charge in [-0.1, -0.05) is 17.7 Å². The molecular formula is C11H9ClO4S. The molecule has 90 valence electrons. The Morgan fingerprint density at radius 2 is 2.06 bits per heavy atom. The molecule has 0 aromatic heterocycles. The molecule has 1 heterocycles. The van der Waals surface area contributed by atoms with Gasteiger partial charge in [-0.3, -0.25) is 4.79 Å². The highest BCUT2D eigenvalue weighted by molar-refractivity contribution is 7.96. The van der Waals surface area contributed by atoms with Crippen LogP contribution in [-0.4, -0.2) is 19.5 Å². The molecule has 0 amide bonds. The predicted molar refractivity (Wildman–Crippen MR) is 63.4 cm³/mol. The van der Waals surface area contributed by atoms with Crippen molar-refractivity contribution in [1.82, 2.24) is 0 Å². The number of rotatable bonds is 2. The van der Waals surface area contributed by atoms with E-state index < -0.39 is 21.7 Å². The van der Waals surface area contributed by atoms with Crippen LogP contribution in [0.1, 0.15) is 12.5 Å². The first-order chi connectivity index (χ1) is 7.85. The van der Waals surface area contributed by atoms with Crippen LogP contribution in [-0.2, 0) is 14.6 Å². The molecule has 2 rings (SSSR count). The van der Waals surface area contributed by atoms with E-state index in [1.807, 2.05) is 0 Å². The van der Waals surface area contributed by atoms with Crippen LogP contribution in [0, 0.1) is 5.92 Å². The maximum Gasteiger partial charge on any atom is 0.311 e. The van der Waals surface area contributed by atoms with Gasteiger partial charge in [-0.2, -0.15) is 0 Å². The molecule has 0 saturated heterocycles. The van der Waals surface area contributed by atoms with Crippen LogP contribution in [0.5, 0.6) is 0 Å². The summed E-state index contributed by atoms with van der Waals surface area (Å²) in [6, 6.07) is 4.52. The fourth-order valence-corrected chi connectivity index (χ4v) is 3.81. The summed E-state index contributed by atoms with van der Waals surface area (Å²) in [5.41, 5.74) is 0.372. The minimum atomic E-state index is -3.72. The second kappa shape index (κ2) is 3.85. The molecule has 0 saturated carbocycles. The first-order valence-electron chi connectivity index (χ1n) is 4.83. The lowest BCUT2D eigenvalue weighted by atomic mass is 10.1. The lowest BCUT2D eigenvalue weighted by Gasteiger charge is -2.07. The van der Waals surface area contributed by atoms with Crippen molar-refractivity contribution in [3.63, 3.8) is 0 Å². The fraction of sp³-hybridized carbons (Fsp3) is 0.182. The third-order valence-electron chi connectivity index (χ3n) is 2.70. The van der Waals surface area contributed by atoms with Gasteiger partial charge in [0.05, 0.1) is 15.7 Å². The summed E-state index contributed by atoms with van der Waals surface area (Å²) in [6.45, 7) is 1.34. The smallest absolute Gasteiger partial charge is 0.311 e. The summed E-state index contributed by atoms with van der Waals surface area (Å²) >= 11 is 5.89. The Kier molecular flexibility index (Phi) is 2.75. The number of hydrogen-bond acceptors (Lipinski definition) is 3. The van der Waals surface area contributed by atoms with Gasteiger partial charge in [0.15, 0.2) is 0 Å². The normalized spacial score (nSPS) is 18.4. The molecule has 0 fully saturated rings. The Labute approximate surface area is 103 Å². The number of carbonyl (C=O) groups is 1. The number of sulfone groups is 1. The van der Waals surface area contributed by atoms with Gasteiger partial charge < -0.3 is 5.11 Å². The lowest BCUT2D eigenvalue weighted by molar-refractivity contribution is -0.139. The van der Waals surface area contributed by atoms with Crippen molar-refractivity contribution in [3.05, 3.63) is 33.7 Å². The number of benzene rings is 1. The number of halogens is 1. The van der Waals surface area contributed by atoms with Gasteiger partial charge in [0.1, 0.15) is 0 Å². The Hall–Kier alpha value is -1.33. The molecular weight excluding hydrogens is 264 g/mol. The van der Waals surface area contributed by atoms with E-state index in [0.717, 1.165) is 0 Å². The van der Waals surface area contributed by atoms with E-state index in [9.17, 15) is 13.2 Å². The summed E-state index contributed by atoms with van der Waals surface area (Å²) in [5, 5.41) is 9.19. The second-order valence-corrected chi connectivity index (χ2v) is 6.09. The topological polar surface area (TPSA) is 71.4 Å². The molecule has 1 aromatic rings. The van der Waals surface area contributed by atoms with E-state index in [0.29, 0.717) is 10.6 Å². The Balaban J connectivity index is 2.67. The zero-order valence-corrected chi connectivity index (χ0v) is 10.4. The highest BCUT2D eigenvalue weighted by Crippen LogP contribution is 2.39. The van der Waals surface area contributed by atoms with Gasteiger partial charge in [0.2, 0.25) is 9.84 Å². The van der Waals surface area contributed by atoms with Gasteiger partial charge in [0, 0.05) is 10.6 Å².